The van der Waals surface area contributed by atoms with Crippen LogP contribution in [0.25, 0.3) is 0 Å². The van der Waals surface area contributed by atoms with Crippen molar-refractivity contribution in [2.75, 3.05) is 13.1 Å². The van der Waals surface area contributed by atoms with Gasteiger partial charge in [0.1, 0.15) is 5.78 Å². The van der Waals surface area contributed by atoms with Crippen LogP contribution in [0.3, 0.4) is 0 Å². The van der Waals surface area contributed by atoms with Crippen molar-refractivity contribution in [3.8, 4) is 0 Å². The minimum atomic E-state index is 0.363. The molecule has 0 bridgehead atoms. The van der Waals surface area contributed by atoms with Crippen LogP contribution in [0.2, 0.25) is 0 Å². The van der Waals surface area contributed by atoms with Crippen LogP contribution in [0.5, 0.6) is 0 Å². The van der Waals surface area contributed by atoms with E-state index < -0.39 is 0 Å². The second-order valence-electron chi connectivity index (χ2n) is 2.17. The first-order valence-electron chi connectivity index (χ1n) is 4.12. The molecular weight excluding hydrogens is 126 g/mol. The van der Waals surface area contributed by atoms with Crippen molar-refractivity contribution in [1.82, 2.24) is 5.32 Å². The van der Waals surface area contributed by atoms with Crippen molar-refractivity contribution < 1.29 is 4.79 Å². The summed E-state index contributed by atoms with van der Waals surface area (Å²) in [6.45, 7) is 5.62. The fourth-order valence-corrected chi connectivity index (χ4v) is 0.888. The van der Waals surface area contributed by atoms with Gasteiger partial charge in [-0.15, -0.1) is 0 Å². The lowest BCUT2D eigenvalue weighted by atomic mass is 10.2. The average molecular weight is 143 g/mol. The van der Waals surface area contributed by atoms with Crippen molar-refractivity contribution in [2.45, 2.75) is 33.1 Å². The van der Waals surface area contributed by atoms with Gasteiger partial charge in [0, 0.05) is 6.42 Å². The Labute approximate surface area is 63.0 Å². The fraction of sp³-hybridized carbons (Fsp3) is 0.875. The lowest BCUT2D eigenvalue weighted by Crippen LogP contribution is -2.19. The van der Waals surface area contributed by atoms with Gasteiger partial charge in [-0.05, 0) is 19.4 Å². The molecule has 1 saturated heterocycles. The summed E-state index contributed by atoms with van der Waals surface area (Å²) in [4.78, 5) is 10.6. The van der Waals surface area contributed by atoms with Gasteiger partial charge in [0.25, 0.3) is 0 Å². The van der Waals surface area contributed by atoms with Gasteiger partial charge in [0.15, 0.2) is 0 Å². The topological polar surface area (TPSA) is 29.1 Å². The Hall–Kier alpha value is -0.370. The molecule has 2 nitrogen and oxygen atoms in total. The molecule has 0 atom stereocenters. The Morgan fingerprint density at radius 3 is 2.70 bits per heavy atom. The summed E-state index contributed by atoms with van der Waals surface area (Å²) in [5.41, 5.74) is 0. The van der Waals surface area contributed by atoms with Crippen molar-refractivity contribution in [3.63, 3.8) is 0 Å². The second-order valence-corrected chi connectivity index (χ2v) is 2.17. The van der Waals surface area contributed by atoms with E-state index in [1.54, 1.807) is 0 Å². The molecule has 0 aromatic carbocycles. The van der Waals surface area contributed by atoms with Crippen molar-refractivity contribution >= 4 is 5.78 Å². The lowest BCUT2D eigenvalue weighted by Gasteiger charge is -1.91. The largest absolute Gasteiger partial charge is 0.310 e. The fourth-order valence-electron chi connectivity index (χ4n) is 0.888. The number of rotatable bonds is 0. The second kappa shape index (κ2) is 6.75. The minimum absolute atomic E-state index is 0.363. The summed E-state index contributed by atoms with van der Waals surface area (Å²) in [7, 11) is 0. The Morgan fingerprint density at radius 2 is 2.00 bits per heavy atom. The van der Waals surface area contributed by atoms with E-state index in [1.807, 2.05) is 13.8 Å². The van der Waals surface area contributed by atoms with Crippen LogP contribution in [0.15, 0.2) is 0 Å². The number of Topliss-reactive ketones (excluding diaryl/α,β-unsaturated/α-hetero) is 1. The van der Waals surface area contributed by atoms with Crippen LogP contribution in [-0.2, 0) is 4.79 Å². The normalized spacial score (nSPS) is 18.8. The van der Waals surface area contributed by atoms with Gasteiger partial charge in [0.2, 0.25) is 0 Å². The number of carbonyl (C=O) groups is 1. The highest BCUT2D eigenvalue weighted by Gasteiger charge is 2.03. The molecular formula is C8H17NO. The molecule has 0 saturated carbocycles. The summed E-state index contributed by atoms with van der Waals surface area (Å²) >= 11 is 0. The molecule has 0 unspecified atom stereocenters. The Bertz CT molecular complexity index is 81.3. The molecule has 1 aliphatic heterocycles. The van der Waals surface area contributed by atoms with E-state index in [1.165, 1.54) is 0 Å². The van der Waals surface area contributed by atoms with Gasteiger partial charge >= 0.3 is 0 Å². The molecule has 1 fully saturated rings. The van der Waals surface area contributed by atoms with Crippen molar-refractivity contribution in [3.05, 3.63) is 0 Å². The molecule has 10 heavy (non-hydrogen) atoms. The molecule has 0 radical (unpaired) electrons. The third kappa shape index (κ3) is 4.50. The van der Waals surface area contributed by atoms with Gasteiger partial charge in [-0.1, -0.05) is 13.8 Å². The van der Waals surface area contributed by atoms with Gasteiger partial charge in [-0.25, -0.2) is 0 Å². The van der Waals surface area contributed by atoms with Gasteiger partial charge in [-0.3, -0.25) is 4.79 Å². The first-order chi connectivity index (χ1) is 4.89. The van der Waals surface area contributed by atoms with Gasteiger partial charge in [-0.2, -0.15) is 0 Å². The minimum Gasteiger partial charge on any atom is -0.310 e. The predicted molar refractivity (Wildman–Crippen MR) is 43.1 cm³/mol. The smallest absolute Gasteiger partial charge is 0.146 e. The number of hydrogen-bond donors (Lipinski definition) is 1. The maximum absolute atomic E-state index is 10.6. The van der Waals surface area contributed by atoms with E-state index >= 15 is 0 Å². The molecule has 0 aliphatic carbocycles. The van der Waals surface area contributed by atoms with E-state index in [9.17, 15) is 4.79 Å². The van der Waals surface area contributed by atoms with Crippen LogP contribution >= 0.6 is 0 Å². The summed E-state index contributed by atoms with van der Waals surface area (Å²) in [5.74, 6) is 0.363. The zero-order chi connectivity index (χ0) is 7.82. The molecule has 1 heterocycles. The zero-order valence-electron chi connectivity index (χ0n) is 6.94. The first-order valence-corrected chi connectivity index (χ1v) is 4.12. The predicted octanol–water partition coefficient (Wildman–Crippen LogP) is 1.36. The van der Waals surface area contributed by atoms with Gasteiger partial charge in [0.05, 0.1) is 6.54 Å². The van der Waals surface area contributed by atoms with Crippen molar-refractivity contribution in [2.24, 2.45) is 0 Å². The molecule has 0 aromatic rings. The first kappa shape index (κ1) is 9.63. The van der Waals surface area contributed by atoms with E-state index in [4.69, 9.17) is 0 Å². The maximum atomic E-state index is 10.6. The maximum Gasteiger partial charge on any atom is 0.146 e. The van der Waals surface area contributed by atoms with E-state index in [0.29, 0.717) is 12.3 Å². The van der Waals surface area contributed by atoms with Crippen LogP contribution < -0.4 is 5.32 Å². The molecule has 0 amide bonds. The van der Waals surface area contributed by atoms with Crippen LogP contribution in [-0.4, -0.2) is 18.9 Å². The molecule has 2 heteroatoms. The third-order valence-corrected chi connectivity index (χ3v) is 1.38. The standard InChI is InChI=1S/C6H11NO.C2H6/c8-6-3-1-2-4-7-5-6;1-2/h7H,1-5H2;1-2H3. The summed E-state index contributed by atoms with van der Waals surface area (Å²) in [6.07, 6.45) is 3.02. The quantitative estimate of drug-likeness (QED) is 0.554. The van der Waals surface area contributed by atoms with Crippen LogP contribution in [0.1, 0.15) is 33.1 Å². The molecule has 1 N–H and O–H groups in total. The third-order valence-electron chi connectivity index (χ3n) is 1.38. The summed E-state index contributed by atoms with van der Waals surface area (Å²) in [5, 5.41) is 3.05. The molecule has 1 aliphatic rings. The molecule has 0 aromatic heterocycles. The summed E-state index contributed by atoms with van der Waals surface area (Å²) < 4.78 is 0. The van der Waals surface area contributed by atoms with E-state index in [0.717, 1.165) is 25.8 Å². The SMILES string of the molecule is CC.O=C1CCCCNC1. The van der Waals surface area contributed by atoms with Crippen LogP contribution in [0, 0.1) is 0 Å². The Morgan fingerprint density at radius 1 is 1.30 bits per heavy atom. The number of nitrogens with one attached hydrogen (secondary N) is 1. The summed E-state index contributed by atoms with van der Waals surface area (Å²) in [6, 6.07) is 0. The average Bonchev–Trinajstić information content (AvgIpc) is 2.21. The highest BCUT2D eigenvalue weighted by molar-refractivity contribution is 5.80. The number of carbonyl (C=O) groups excluding carboxylic acids is 1. The lowest BCUT2D eigenvalue weighted by molar-refractivity contribution is -0.117. The molecule has 60 valence electrons. The van der Waals surface area contributed by atoms with Gasteiger partial charge < -0.3 is 5.32 Å². The van der Waals surface area contributed by atoms with E-state index in [-0.39, 0.29) is 0 Å². The molecule has 1 rings (SSSR count). The monoisotopic (exact) mass is 143 g/mol. The van der Waals surface area contributed by atoms with E-state index in [2.05, 4.69) is 5.32 Å². The highest BCUT2D eigenvalue weighted by atomic mass is 16.1. The Balaban J connectivity index is 0.000000371. The van der Waals surface area contributed by atoms with Crippen LogP contribution in [0.4, 0.5) is 0 Å². The molecule has 0 spiro atoms. The zero-order valence-corrected chi connectivity index (χ0v) is 6.94. The van der Waals surface area contributed by atoms with Crippen molar-refractivity contribution in [1.29, 1.82) is 0 Å². The highest BCUT2D eigenvalue weighted by Crippen LogP contribution is 1.97. The number of ketones is 1. The Kier molecular flexibility index (Phi) is 6.50. The number of hydrogen-bond acceptors (Lipinski definition) is 2.